The molecule has 1 saturated heterocycles. The van der Waals surface area contributed by atoms with Crippen molar-refractivity contribution in [1.29, 1.82) is 0 Å². The van der Waals surface area contributed by atoms with Crippen molar-refractivity contribution < 1.29 is 4.42 Å². The molecule has 0 spiro atoms. The first kappa shape index (κ1) is 17.6. The van der Waals surface area contributed by atoms with Gasteiger partial charge in [0.25, 0.3) is 0 Å². The maximum absolute atomic E-state index is 12.1. The normalized spacial score (nSPS) is 17.7. The Balaban J connectivity index is 1.53. The van der Waals surface area contributed by atoms with Gasteiger partial charge >= 0.3 is 5.63 Å². The van der Waals surface area contributed by atoms with E-state index in [9.17, 15) is 4.79 Å². The lowest BCUT2D eigenvalue weighted by atomic mass is 10.0. The zero-order chi connectivity index (χ0) is 19.3. The Morgan fingerprint density at radius 2 is 2.00 bits per heavy atom. The van der Waals surface area contributed by atoms with Crippen LogP contribution in [0.4, 0.5) is 0 Å². The summed E-state index contributed by atoms with van der Waals surface area (Å²) in [5.74, 6) is 0. The van der Waals surface area contributed by atoms with Crippen molar-refractivity contribution >= 4 is 32.5 Å². The van der Waals surface area contributed by atoms with Gasteiger partial charge in [0.15, 0.2) is 0 Å². The molecule has 5 heteroatoms. The third-order valence-corrected chi connectivity index (χ3v) is 6.91. The highest BCUT2D eigenvalue weighted by molar-refractivity contribution is 7.18. The molecule has 4 nitrogen and oxygen atoms in total. The van der Waals surface area contributed by atoms with Crippen molar-refractivity contribution in [2.45, 2.75) is 39.3 Å². The number of hydrogen-bond donors (Lipinski definition) is 0. The van der Waals surface area contributed by atoms with Crippen LogP contribution in [0.1, 0.15) is 40.6 Å². The highest BCUT2D eigenvalue weighted by atomic mass is 32.1. The average molecular weight is 391 g/mol. The van der Waals surface area contributed by atoms with Crippen LogP contribution in [0, 0.1) is 13.8 Å². The van der Waals surface area contributed by atoms with Gasteiger partial charge in [-0.05, 0) is 74.2 Å². The van der Waals surface area contributed by atoms with Crippen LogP contribution < -0.4 is 5.63 Å². The summed E-state index contributed by atoms with van der Waals surface area (Å²) in [6, 6.07) is 14.4. The first-order valence-electron chi connectivity index (χ1n) is 9.72. The van der Waals surface area contributed by atoms with Gasteiger partial charge in [-0.3, -0.25) is 4.90 Å². The third-order valence-electron chi connectivity index (χ3n) is 5.78. The van der Waals surface area contributed by atoms with Gasteiger partial charge in [0, 0.05) is 18.0 Å². The molecule has 0 aliphatic carbocycles. The predicted molar refractivity (Wildman–Crippen MR) is 114 cm³/mol. The largest absolute Gasteiger partial charge is 0.423 e. The van der Waals surface area contributed by atoms with Crippen LogP contribution >= 0.6 is 11.3 Å². The van der Waals surface area contributed by atoms with E-state index in [-0.39, 0.29) is 5.63 Å². The molecule has 142 valence electrons. The first-order valence-corrected chi connectivity index (χ1v) is 10.5. The minimum Gasteiger partial charge on any atom is -0.423 e. The Labute approximate surface area is 167 Å². The molecule has 0 N–H and O–H groups in total. The van der Waals surface area contributed by atoms with Crippen molar-refractivity contribution in [1.82, 2.24) is 9.88 Å². The van der Waals surface area contributed by atoms with Crippen molar-refractivity contribution in [2.75, 3.05) is 6.54 Å². The lowest BCUT2D eigenvalue weighted by Gasteiger charge is -2.23. The van der Waals surface area contributed by atoms with E-state index >= 15 is 0 Å². The molecule has 0 radical (unpaired) electrons. The third kappa shape index (κ3) is 3.05. The number of thiazole rings is 1. The second-order valence-electron chi connectivity index (χ2n) is 7.67. The zero-order valence-corrected chi connectivity index (χ0v) is 16.9. The van der Waals surface area contributed by atoms with Crippen LogP contribution in [-0.4, -0.2) is 16.4 Å². The average Bonchev–Trinajstić information content (AvgIpc) is 3.29. The Hall–Kier alpha value is -2.50. The number of rotatable bonds is 3. The summed E-state index contributed by atoms with van der Waals surface area (Å²) >= 11 is 1.79. The highest BCUT2D eigenvalue weighted by Crippen LogP contribution is 2.37. The Kier molecular flexibility index (Phi) is 4.29. The van der Waals surface area contributed by atoms with Gasteiger partial charge in [-0.15, -0.1) is 11.3 Å². The van der Waals surface area contributed by atoms with E-state index in [0.29, 0.717) is 11.6 Å². The first-order chi connectivity index (χ1) is 13.6. The fraction of sp³-hybridized carbons (Fsp3) is 0.304. The highest BCUT2D eigenvalue weighted by Gasteiger charge is 2.29. The summed E-state index contributed by atoms with van der Waals surface area (Å²) in [6.07, 6.45) is 2.26. The summed E-state index contributed by atoms with van der Waals surface area (Å²) in [5.41, 5.74) is 4.88. The van der Waals surface area contributed by atoms with Gasteiger partial charge in [-0.1, -0.05) is 12.1 Å². The molecule has 28 heavy (non-hydrogen) atoms. The van der Waals surface area contributed by atoms with E-state index in [4.69, 9.17) is 9.40 Å². The van der Waals surface area contributed by atoms with E-state index < -0.39 is 0 Å². The van der Waals surface area contributed by atoms with Gasteiger partial charge in [0.1, 0.15) is 10.6 Å². The summed E-state index contributed by atoms with van der Waals surface area (Å²) < 4.78 is 6.71. The van der Waals surface area contributed by atoms with Crippen LogP contribution in [-0.2, 0) is 6.54 Å². The Bertz CT molecular complexity index is 1210. The number of para-hydroxylation sites is 1. The lowest BCUT2D eigenvalue weighted by Crippen LogP contribution is -2.23. The molecule has 0 bridgehead atoms. The number of fused-ring (bicyclic) bond motifs is 2. The van der Waals surface area contributed by atoms with Crippen LogP contribution in [0.15, 0.2) is 51.7 Å². The quantitative estimate of drug-likeness (QED) is 0.442. The maximum atomic E-state index is 12.1. The Morgan fingerprint density at radius 3 is 2.86 bits per heavy atom. The van der Waals surface area contributed by atoms with Gasteiger partial charge < -0.3 is 4.42 Å². The molecule has 0 unspecified atom stereocenters. The number of benzene rings is 2. The van der Waals surface area contributed by atoms with Crippen LogP contribution in [0.3, 0.4) is 0 Å². The van der Waals surface area contributed by atoms with Crippen molar-refractivity contribution in [3.63, 3.8) is 0 Å². The second kappa shape index (κ2) is 6.83. The molecule has 3 heterocycles. The summed E-state index contributed by atoms with van der Waals surface area (Å²) in [7, 11) is 0. The number of nitrogens with zero attached hydrogens (tertiary/aromatic N) is 2. The van der Waals surface area contributed by atoms with E-state index in [2.05, 4.69) is 36.1 Å². The summed E-state index contributed by atoms with van der Waals surface area (Å²) in [4.78, 5) is 19.5. The molecule has 1 aliphatic heterocycles. The van der Waals surface area contributed by atoms with Crippen LogP contribution in [0.5, 0.6) is 0 Å². The number of aromatic nitrogens is 1. The SMILES string of the molecule is Cc1cc2oc(=O)cc(CN3CCC[C@@H]3c3nc4ccccc4s3)c2cc1C. The predicted octanol–water partition coefficient (Wildman–Crippen LogP) is 5.36. The zero-order valence-electron chi connectivity index (χ0n) is 16.1. The summed E-state index contributed by atoms with van der Waals surface area (Å²) in [6.45, 7) is 5.91. The van der Waals surface area contributed by atoms with Gasteiger partial charge in [0.2, 0.25) is 0 Å². The molecule has 2 aromatic heterocycles. The number of hydrogen-bond acceptors (Lipinski definition) is 5. The Morgan fingerprint density at radius 1 is 1.18 bits per heavy atom. The monoisotopic (exact) mass is 390 g/mol. The fourth-order valence-electron chi connectivity index (χ4n) is 4.16. The van der Waals surface area contributed by atoms with Crippen LogP contribution in [0.25, 0.3) is 21.2 Å². The van der Waals surface area contributed by atoms with E-state index in [0.717, 1.165) is 48.0 Å². The maximum Gasteiger partial charge on any atom is 0.336 e. The molecule has 0 saturated carbocycles. The molecule has 2 aromatic carbocycles. The number of likely N-dealkylation sites (tertiary alicyclic amines) is 1. The molecule has 5 rings (SSSR count). The van der Waals surface area contributed by atoms with Crippen molar-refractivity contribution in [3.05, 3.63) is 74.6 Å². The molecular formula is C23H22N2O2S. The molecule has 1 atom stereocenters. The van der Waals surface area contributed by atoms with E-state index in [1.165, 1.54) is 15.3 Å². The topological polar surface area (TPSA) is 46.3 Å². The molecular weight excluding hydrogens is 368 g/mol. The molecule has 4 aromatic rings. The van der Waals surface area contributed by atoms with Crippen LogP contribution in [0.2, 0.25) is 0 Å². The van der Waals surface area contributed by atoms with Gasteiger partial charge in [0.05, 0.1) is 16.3 Å². The fourth-order valence-corrected chi connectivity index (χ4v) is 5.30. The van der Waals surface area contributed by atoms with Crippen molar-refractivity contribution in [2.24, 2.45) is 0 Å². The number of aryl methyl sites for hydroxylation is 2. The van der Waals surface area contributed by atoms with Gasteiger partial charge in [-0.25, -0.2) is 9.78 Å². The second-order valence-corrected chi connectivity index (χ2v) is 8.73. The summed E-state index contributed by atoms with van der Waals surface area (Å²) in [5, 5.41) is 2.22. The standard InChI is InChI=1S/C23H22N2O2S/c1-14-10-17-16(12-22(26)27-20(17)11-15(14)2)13-25-9-5-7-19(25)23-24-18-6-3-4-8-21(18)28-23/h3-4,6,8,10-12,19H,5,7,9,13H2,1-2H3/t19-/m1/s1. The van der Waals surface area contributed by atoms with E-state index in [1.807, 2.05) is 19.1 Å². The molecule has 1 fully saturated rings. The van der Waals surface area contributed by atoms with Crippen molar-refractivity contribution in [3.8, 4) is 0 Å². The lowest BCUT2D eigenvalue weighted by molar-refractivity contribution is 0.248. The smallest absolute Gasteiger partial charge is 0.336 e. The van der Waals surface area contributed by atoms with Gasteiger partial charge in [-0.2, -0.15) is 0 Å². The van der Waals surface area contributed by atoms with E-state index in [1.54, 1.807) is 17.4 Å². The minimum absolute atomic E-state index is 0.276. The minimum atomic E-state index is -0.276. The molecule has 1 aliphatic rings. The molecule has 0 amide bonds.